The van der Waals surface area contributed by atoms with E-state index in [4.69, 9.17) is 0 Å². The fourth-order valence-corrected chi connectivity index (χ4v) is 2.16. The predicted molar refractivity (Wildman–Crippen MR) is 68.8 cm³/mol. The van der Waals surface area contributed by atoms with Crippen LogP contribution in [0, 0.1) is 12.7 Å². The van der Waals surface area contributed by atoms with Gasteiger partial charge in [-0.15, -0.1) is 0 Å². The van der Waals surface area contributed by atoms with Gasteiger partial charge in [-0.2, -0.15) is 0 Å². The van der Waals surface area contributed by atoms with Crippen LogP contribution < -0.4 is 5.32 Å². The van der Waals surface area contributed by atoms with Gasteiger partial charge in [0.05, 0.1) is 6.04 Å². The van der Waals surface area contributed by atoms with Crippen molar-refractivity contribution < 1.29 is 14.0 Å². The third-order valence-electron chi connectivity index (χ3n) is 3.42. The van der Waals surface area contributed by atoms with Gasteiger partial charge in [0, 0.05) is 20.0 Å². The first-order valence-corrected chi connectivity index (χ1v) is 6.28. The van der Waals surface area contributed by atoms with E-state index in [1.165, 1.54) is 13.1 Å². The van der Waals surface area contributed by atoms with Crippen LogP contribution in [-0.2, 0) is 16.1 Å². The number of likely N-dealkylation sites (N-methyl/N-ethyl adjacent to an activating group) is 1. The molecular weight excluding hydrogens is 247 g/mol. The van der Waals surface area contributed by atoms with Crippen LogP contribution in [0.25, 0.3) is 0 Å². The van der Waals surface area contributed by atoms with Crippen LogP contribution >= 0.6 is 0 Å². The first kappa shape index (κ1) is 13.7. The molecule has 5 heteroatoms. The number of hydrogen-bond acceptors (Lipinski definition) is 3. The van der Waals surface area contributed by atoms with Crippen LogP contribution in [0.15, 0.2) is 18.2 Å². The number of halogens is 1. The topological polar surface area (TPSA) is 49.4 Å². The number of amides is 2. The first-order chi connectivity index (χ1) is 8.99. The number of piperidine rings is 1. The average Bonchev–Trinajstić information content (AvgIpc) is 2.39. The van der Waals surface area contributed by atoms with Crippen molar-refractivity contribution in [2.75, 3.05) is 7.05 Å². The monoisotopic (exact) mass is 264 g/mol. The summed E-state index contributed by atoms with van der Waals surface area (Å²) < 4.78 is 13.1. The van der Waals surface area contributed by atoms with E-state index in [0.29, 0.717) is 24.9 Å². The Balaban J connectivity index is 1.97. The lowest BCUT2D eigenvalue weighted by molar-refractivity contribution is -0.148. The van der Waals surface area contributed by atoms with Crippen LogP contribution in [-0.4, -0.2) is 29.8 Å². The second-order valence-electron chi connectivity index (χ2n) is 4.85. The van der Waals surface area contributed by atoms with E-state index in [1.54, 1.807) is 19.1 Å². The molecule has 0 aromatic heterocycles. The quantitative estimate of drug-likeness (QED) is 0.839. The van der Waals surface area contributed by atoms with Crippen molar-refractivity contribution in [3.05, 3.63) is 35.1 Å². The van der Waals surface area contributed by atoms with E-state index < -0.39 is 0 Å². The van der Waals surface area contributed by atoms with Gasteiger partial charge in [-0.05, 0) is 30.5 Å². The Bertz CT molecular complexity index is 516. The highest BCUT2D eigenvalue weighted by molar-refractivity contribution is 6.00. The molecule has 102 valence electrons. The van der Waals surface area contributed by atoms with E-state index in [1.807, 2.05) is 0 Å². The Labute approximate surface area is 111 Å². The summed E-state index contributed by atoms with van der Waals surface area (Å²) in [4.78, 5) is 24.4. The summed E-state index contributed by atoms with van der Waals surface area (Å²) in [7, 11) is 1.50. The summed E-state index contributed by atoms with van der Waals surface area (Å²) in [6.07, 6.45) is 0.893. The number of carbonyl (C=O) groups excluding carboxylic acids is 2. The Morgan fingerprint density at radius 3 is 2.84 bits per heavy atom. The molecule has 1 unspecified atom stereocenters. The number of benzene rings is 1. The molecule has 1 aliphatic heterocycles. The van der Waals surface area contributed by atoms with Gasteiger partial charge in [0.25, 0.3) is 0 Å². The Kier molecular flexibility index (Phi) is 3.95. The molecule has 0 spiro atoms. The number of likely N-dealkylation sites (tertiary alicyclic amines) is 1. The molecule has 1 aromatic rings. The van der Waals surface area contributed by atoms with Crippen LogP contribution in [0.3, 0.4) is 0 Å². The van der Waals surface area contributed by atoms with Crippen LogP contribution in [0.5, 0.6) is 0 Å². The molecule has 0 radical (unpaired) electrons. The molecule has 19 heavy (non-hydrogen) atoms. The van der Waals surface area contributed by atoms with Gasteiger partial charge < -0.3 is 5.32 Å². The van der Waals surface area contributed by atoms with Crippen molar-refractivity contribution in [3.8, 4) is 0 Å². The summed E-state index contributed by atoms with van der Waals surface area (Å²) in [5.74, 6) is -0.571. The standard InChI is InChI=1S/C14H17FN2O2/c1-9-7-10(3-4-11(9)15)8-16-12-5-6-13(18)17(2)14(12)19/h3-4,7,12,16H,5-6,8H2,1-2H3. The van der Waals surface area contributed by atoms with Gasteiger partial charge in [0.2, 0.25) is 11.8 Å². The van der Waals surface area contributed by atoms with Gasteiger partial charge in [-0.25, -0.2) is 4.39 Å². The smallest absolute Gasteiger partial charge is 0.246 e. The number of nitrogens with zero attached hydrogens (tertiary/aromatic N) is 1. The second kappa shape index (κ2) is 5.48. The maximum Gasteiger partial charge on any atom is 0.246 e. The van der Waals surface area contributed by atoms with E-state index in [-0.39, 0.29) is 23.7 Å². The molecule has 0 saturated carbocycles. The molecular formula is C14H17FN2O2. The fraction of sp³-hybridized carbons (Fsp3) is 0.429. The number of nitrogens with one attached hydrogen (secondary N) is 1. The lowest BCUT2D eigenvalue weighted by Gasteiger charge is -2.28. The lowest BCUT2D eigenvalue weighted by atomic mass is 10.0. The van der Waals surface area contributed by atoms with Crippen LogP contribution in [0.4, 0.5) is 4.39 Å². The van der Waals surface area contributed by atoms with Crippen LogP contribution in [0.1, 0.15) is 24.0 Å². The average molecular weight is 264 g/mol. The number of imide groups is 1. The van der Waals surface area contributed by atoms with Crippen molar-refractivity contribution in [3.63, 3.8) is 0 Å². The minimum absolute atomic E-state index is 0.138. The van der Waals surface area contributed by atoms with Gasteiger partial charge in [0.1, 0.15) is 5.82 Å². The highest BCUT2D eigenvalue weighted by Crippen LogP contribution is 2.13. The maximum absolute atomic E-state index is 13.1. The zero-order valence-corrected chi connectivity index (χ0v) is 11.1. The molecule has 1 fully saturated rings. The summed E-state index contributed by atoms with van der Waals surface area (Å²) in [6.45, 7) is 2.19. The predicted octanol–water partition coefficient (Wildman–Crippen LogP) is 1.37. The zero-order valence-electron chi connectivity index (χ0n) is 11.1. The van der Waals surface area contributed by atoms with Crippen molar-refractivity contribution in [1.29, 1.82) is 0 Å². The third kappa shape index (κ3) is 2.98. The molecule has 1 aliphatic rings. The Morgan fingerprint density at radius 2 is 2.16 bits per heavy atom. The van der Waals surface area contributed by atoms with E-state index in [2.05, 4.69) is 5.32 Å². The van der Waals surface area contributed by atoms with E-state index >= 15 is 0 Å². The summed E-state index contributed by atoms with van der Waals surface area (Å²) in [5, 5.41) is 3.12. The highest BCUT2D eigenvalue weighted by Gasteiger charge is 2.31. The molecule has 1 heterocycles. The Morgan fingerprint density at radius 1 is 1.42 bits per heavy atom. The maximum atomic E-state index is 13.1. The minimum Gasteiger partial charge on any atom is -0.302 e. The van der Waals surface area contributed by atoms with Gasteiger partial charge >= 0.3 is 0 Å². The molecule has 1 saturated heterocycles. The minimum atomic E-state index is -0.340. The molecule has 1 aromatic carbocycles. The molecule has 0 bridgehead atoms. The molecule has 2 amide bonds. The summed E-state index contributed by atoms with van der Waals surface area (Å²) in [5.41, 5.74) is 1.51. The summed E-state index contributed by atoms with van der Waals surface area (Å²) >= 11 is 0. The molecule has 4 nitrogen and oxygen atoms in total. The highest BCUT2D eigenvalue weighted by atomic mass is 19.1. The number of aryl methyl sites for hydroxylation is 1. The third-order valence-corrected chi connectivity index (χ3v) is 3.42. The zero-order chi connectivity index (χ0) is 14.0. The van der Waals surface area contributed by atoms with Crippen molar-refractivity contribution in [2.24, 2.45) is 0 Å². The van der Waals surface area contributed by atoms with Crippen molar-refractivity contribution in [2.45, 2.75) is 32.4 Å². The second-order valence-corrected chi connectivity index (χ2v) is 4.85. The SMILES string of the molecule is Cc1cc(CNC2CCC(=O)N(C)C2=O)ccc1F. The van der Waals surface area contributed by atoms with Crippen LogP contribution in [0.2, 0.25) is 0 Å². The van der Waals surface area contributed by atoms with Crippen molar-refractivity contribution in [1.82, 2.24) is 10.2 Å². The first-order valence-electron chi connectivity index (χ1n) is 6.28. The summed E-state index contributed by atoms with van der Waals surface area (Å²) in [6, 6.07) is 4.53. The van der Waals surface area contributed by atoms with E-state index in [9.17, 15) is 14.0 Å². The molecule has 1 N–H and O–H groups in total. The molecule has 0 aliphatic carbocycles. The number of carbonyl (C=O) groups is 2. The van der Waals surface area contributed by atoms with Crippen molar-refractivity contribution >= 4 is 11.8 Å². The Hall–Kier alpha value is -1.75. The number of hydrogen-bond donors (Lipinski definition) is 1. The normalized spacial score (nSPS) is 19.9. The molecule has 2 rings (SSSR count). The number of rotatable bonds is 3. The van der Waals surface area contributed by atoms with Gasteiger partial charge in [0.15, 0.2) is 0 Å². The largest absolute Gasteiger partial charge is 0.302 e. The fourth-order valence-electron chi connectivity index (χ4n) is 2.16. The van der Waals surface area contributed by atoms with Gasteiger partial charge in [-0.1, -0.05) is 12.1 Å². The van der Waals surface area contributed by atoms with E-state index in [0.717, 1.165) is 10.5 Å². The van der Waals surface area contributed by atoms with Gasteiger partial charge in [-0.3, -0.25) is 14.5 Å². The molecule has 1 atom stereocenters. The lowest BCUT2D eigenvalue weighted by Crippen LogP contribution is -2.51.